The minimum Gasteiger partial charge on any atom is -0.508 e. The Bertz CT molecular complexity index is 723. The van der Waals surface area contributed by atoms with Crippen molar-refractivity contribution in [2.75, 3.05) is 0 Å². The van der Waals surface area contributed by atoms with Crippen molar-refractivity contribution < 1.29 is 13.9 Å². The molecule has 1 aromatic carbocycles. The van der Waals surface area contributed by atoms with E-state index in [1.807, 2.05) is 0 Å². The minimum atomic E-state index is -0.459. The number of hydrogen-bond acceptors (Lipinski definition) is 4. The average molecular weight is 228 g/mol. The summed E-state index contributed by atoms with van der Waals surface area (Å²) in [6.07, 6.45) is 3.09. The van der Waals surface area contributed by atoms with Gasteiger partial charge in [0, 0.05) is 28.6 Å². The summed E-state index contributed by atoms with van der Waals surface area (Å²) in [7, 11) is 0. The lowest BCUT2D eigenvalue weighted by Gasteiger charge is -2.02. The first-order chi connectivity index (χ1) is 8.24. The summed E-state index contributed by atoms with van der Waals surface area (Å²) in [4.78, 5) is 11.4. The zero-order valence-corrected chi connectivity index (χ0v) is 8.71. The van der Waals surface area contributed by atoms with E-state index in [4.69, 9.17) is 8.83 Å². The third-order valence-electron chi connectivity index (χ3n) is 2.56. The molecule has 0 aliphatic heterocycles. The Labute approximate surface area is 95.7 Å². The summed E-state index contributed by atoms with van der Waals surface area (Å²) >= 11 is 0. The van der Waals surface area contributed by atoms with Gasteiger partial charge in [0.15, 0.2) is 0 Å². The van der Waals surface area contributed by atoms with Crippen LogP contribution in [0.4, 0.5) is 0 Å². The Hall–Kier alpha value is -2.49. The third kappa shape index (κ3) is 1.59. The maximum Gasteiger partial charge on any atom is 0.336 e. The molecule has 2 aromatic heterocycles. The molecule has 4 nitrogen and oxygen atoms in total. The number of hydrogen-bond donors (Lipinski definition) is 1. The van der Waals surface area contributed by atoms with Crippen LogP contribution >= 0.6 is 0 Å². The second-order valence-corrected chi connectivity index (χ2v) is 3.67. The highest BCUT2D eigenvalue weighted by Crippen LogP contribution is 2.29. The van der Waals surface area contributed by atoms with E-state index in [0.717, 1.165) is 16.5 Å². The van der Waals surface area contributed by atoms with Crippen molar-refractivity contribution in [2.45, 2.75) is 0 Å². The highest BCUT2D eigenvalue weighted by Gasteiger charge is 2.09. The van der Waals surface area contributed by atoms with Crippen molar-refractivity contribution in [1.82, 2.24) is 0 Å². The van der Waals surface area contributed by atoms with Gasteiger partial charge in [-0.2, -0.15) is 0 Å². The summed E-state index contributed by atoms with van der Waals surface area (Å²) in [5.41, 5.74) is 1.42. The quantitative estimate of drug-likeness (QED) is 0.650. The van der Waals surface area contributed by atoms with Crippen LogP contribution in [0.5, 0.6) is 5.75 Å². The lowest BCUT2D eigenvalue weighted by Crippen LogP contribution is -1.97. The predicted molar refractivity (Wildman–Crippen MR) is 61.9 cm³/mol. The predicted octanol–water partition coefficient (Wildman–Crippen LogP) is 2.76. The molecular formula is C13H8O4. The maximum atomic E-state index is 11.4. The molecule has 0 aliphatic rings. The summed E-state index contributed by atoms with van der Waals surface area (Å²) in [6.45, 7) is 0. The molecule has 3 aromatic rings. The van der Waals surface area contributed by atoms with Crippen LogP contribution in [0.1, 0.15) is 0 Å². The molecule has 0 radical (unpaired) electrons. The second-order valence-electron chi connectivity index (χ2n) is 3.67. The van der Waals surface area contributed by atoms with E-state index in [9.17, 15) is 9.90 Å². The molecule has 0 unspecified atom stereocenters. The van der Waals surface area contributed by atoms with Crippen molar-refractivity contribution in [3.8, 4) is 16.9 Å². The first-order valence-corrected chi connectivity index (χ1v) is 5.03. The van der Waals surface area contributed by atoms with Crippen molar-refractivity contribution in [2.24, 2.45) is 0 Å². The average Bonchev–Trinajstić information content (AvgIpc) is 2.80. The molecule has 0 spiro atoms. The third-order valence-corrected chi connectivity index (χ3v) is 2.56. The SMILES string of the molecule is O=c1cc(-c2ccoc2)c2ccc(O)cc2o1. The Morgan fingerprint density at radius 2 is 2.00 bits per heavy atom. The van der Waals surface area contributed by atoms with Gasteiger partial charge in [-0.15, -0.1) is 0 Å². The number of phenols is 1. The van der Waals surface area contributed by atoms with Crippen LogP contribution in [0.3, 0.4) is 0 Å². The normalized spacial score (nSPS) is 10.8. The number of phenolic OH excluding ortho intramolecular Hbond substituents is 1. The lowest BCUT2D eigenvalue weighted by molar-refractivity contribution is 0.473. The molecule has 17 heavy (non-hydrogen) atoms. The number of furan rings is 1. The minimum absolute atomic E-state index is 0.0602. The molecule has 4 heteroatoms. The molecule has 0 bridgehead atoms. The van der Waals surface area contributed by atoms with E-state index in [2.05, 4.69) is 0 Å². The van der Waals surface area contributed by atoms with Gasteiger partial charge in [-0.25, -0.2) is 4.79 Å². The highest BCUT2D eigenvalue weighted by molar-refractivity contribution is 5.93. The van der Waals surface area contributed by atoms with Gasteiger partial charge >= 0.3 is 5.63 Å². The largest absolute Gasteiger partial charge is 0.508 e. The van der Waals surface area contributed by atoms with Crippen LogP contribution in [0.25, 0.3) is 22.1 Å². The van der Waals surface area contributed by atoms with Crippen LogP contribution < -0.4 is 5.63 Å². The number of fused-ring (bicyclic) bond motifs is 1. The zero-order valence-electron chi connectivity index (χ0n) is 8.71. The van der Waals surface area contributed by atoms with Gasteiger partial charge in [-0.3, -0.25) is 0 Å². The van der Waals surface area contributed by atoms with E-state index in [1.165, 1.54) is 18.4 Å². The topological polar surface area (TPSA) is 63.6 Å². The van der Waals surface area contributed by atoms with Crippen molar-refractivity contribution in [3.63, 3.8) is 0 Å². The monoisotopic (exact) mass is 228 g/mol. The molecule has 3 rings (SSSR count). The maximum absolute atomic E-state index is 11.4. The number of benzene rings is 1. The molecule has 2 heterocycles. The molecular weight excluding hydrogens is 220 g/mol. The molecule has 0 amide bonds. The van der Waals surface area contributed by atoms with E-state index < -0.39 is 5.63 Å². The highest BCUT2D eigenvalue weighted by atomic mass is 16.4. The number of rotatable bonds is 1. The van der Waals surface area contributed by atoms with Crippen LogP contribution in [-0.2, 0) is 0 Å². The smallest absolute Gasteiger partial charge is 0.336 e. The van der Waals surface area contributed by atoms with E-state index >= 15 is 0 Å². The van der Waals surface area contributed by atoms with Gasteiger partial charge in [-0.05, 0) is 18.2 Å². The van der Waals surface area contributed by atoms with Gasteiger partial charge < -0.3 is 13.9 Å². The first kappa shape index (κ1) is 9.72. The lowest BCUT2D eigenvalue weighted by atomic mass is 10.1. The molecule has 0 saturated carbocycles. The Balaban J connectivity index is 2.42. The van der Waals surface area contributed by atoms with Gasteiger partial charge in [0.25, 0.3) is 0 Å². The standard InChI is InChI=1S/C13H8O4/c14-9-1-2-10-11(8-3-4-16-7-8)6-13(15)17-12(10)5-9/h1-7,14H. The van der Waals surface area contributed by atoms with Gasteiger partial charge in [0.05, 0.1) is 12.5 Å². The van der Waals surface area contributed by atoms with E-state index in [-0.39, 0.29) is 5.75 Å². The molecule has 84 valence electrons. The molecule has 0 aliphatic carbocycles. The van der Waals surface area contributed by atoms with E-state index in [1.54, 1.807) is 24.5 Å². The Morgan fingerprint density at radius 1 is 1.12 bits per heavy atom. The van der Waals surface area contributed by atoms with Gasteiger partial charge in [0.2, 0.25) is 0 Å². The van der Waals surface area contributed by atoms with Crippen molar-refractivity contribution in [1.29, 1.82) is 0 Å². The first-order valence-electron chi connectivity index (χ1n) is 5.03. The fraction of sp³-hybridized carbons (Fsp3) is 0. The zero-order chi connectivity index (χ0) is 11.8. The Morgan fingerprint density at radius 3 is 2.76 bits per heavy atom. The number of aromatic hydroxyl groups is 1. The summed E-state index contributed by atoms with van der Waals surface area (Å²) in [5, 5.41) is 10.1. The van der Waals surface area contributed by atoms with Crippen molar-refractivity contribution >= 4 is 11.0 Å². The van der Waals surface area contributed by atoms with Gasteiger partial charge in [-0.1, -0.05) is 0 Å². The van der Waals surface area contributed by atoms with Crippen LogP contribution in [0, 0.1) is 0 Å². The molecule has 0 saturated heterocycles. The second kappa shape index (κ2) is 3.52. The molecule has 0 fully saturated rings. The summed E-state index contributed by atoms with van der Waals surface area (Å²) in [5.74, 6) is 0.0602. The van der Waals surface area contributed by atoms with Crippen LogP contribution in [-0.4, -0.2) is 5.11 Å². The molecule has 0 atom stereocenters. The van der Waals surface area contributed by atoms with Crippen LogP contribution in [0.15, 0.2) is 56.5 Å². The van der Waals surface area contributed by atoms with Gasteiger partial charge in [0.1, 0.15) is 11.3 Å². The Kier molecular flexibility index (Phi) is 2.01. The van der Waals surface area contributed by atoms with Crippen molar-refractivity contribution in [3.05, 3.63) is 53.3 Å². The molecule has 1 N–H and O–H groups in total. The van der Waals surface area contributed by atoms with E-state index in [0.29, 0.717) is 5.58 Å². The van der Waals surface area contributed by atoms with Crippen LogP contribution in [0.2, 0.25) is 0 Å². The fourth-order valence-electron chi connectivity index (χ4n) is 1.81. The summed E-state index contributed by atoms with van der Waals surface area (Å²) in [6, 6.07) is 7.84. The summed E-state index contributed by atoms with van der Waals surface area (Å²) < 4.78 is 10.0. The fourth-order valence-corrected chi connectivity index (χ4v) is 1.81.